The van der Waals surface area contributed by atoms with E-state index in [1.54, 1.807) is 0 Å². The van der Waals surface area contributed by atoms with Crippen LogP contribution in [0.5, 0.6) is 0 Å². The van der Waals surface area contributed by atoms with Crippen LogP contribution in [0.1, 0.15) is 63.5 Å². The van der Waals surface area contributed by atoms with Gasteiger partial charge in [-0.1, -0.05) is 26.0 Å². The van der Waals surface area contributed by atoms with Crippen molar-refractivity contribution in [3.05, 3.63) is 35.4 Å². The van der Waals surface area contributed by atoms with Gasteiger partial charge in [-0.25, -0.2) is 0 Å². The molecule has 1 aromatic carbocycles. The molecule has 0 saturated carbocycles. The number of hydrogen-bond acceptors (Lipinski definition) is 4. The minimum absolute atomic E-state index is 0.167. The number of carbonyl (C=O) groups excluding carboxylic acids is 2. The number of benzene rings is 1. The van der Waals surface area contributed by atoms with Crippen molar-refractivity contribution in [3.8, 4) is 6.07 Å². The van der Waals surface area contributed by atoms with Crippen molar-refractivity contribution < 1.29 is 9.59 Å². The van der Waals surface area contributed by atoms with Crippen molar-refractivity contribution in [3.63, 3.8) is 0 Å². The largest absolute Gasteiger partial charge is 0.343 e. The molecule has 30 heavy (non-hydrogen) atoms. The second kappa shape index (κ2) is 13.0. The number of nitrogens with zero attached hydrogens (tertiary/aromatic N) is 4. The van der Waals surface area contributed by atoms with Gasteiger partial charge in [0.25, 0.3) is 0 Å². The molecule has 1 aromatic rings. The third-order valence-corrected chi connectivity index (χ3v) is 5.55. The van der Waals surface area contributed by atoms with E-state index < -0.39 is 0 Å². The molecule has 2 rings (SSSR count). The van der Waals surface area contributed by atoms with E-state index in [0.717, 1.165) is 65.1 Å². The summed E-state index contributed by atoms with van der Waals surface area (Å²) in [5.74, 6) is 0.344. The van der Waals surface area contributed by atoms with Gasteiger partial charge in [-0.2, -0.15) is 5.26 Å². The summed E-state index contributed by atoms with van der Waals surface area (Å²) in [5.41, 5.74) is 1.87. The van der Waals surface area contributed by atoms with Crippen molar-refractivity contribution in [2.75, 3.05) is 39.3 Å². The van der Waals surface area contributed by atoms with Gasteiger partial charge in [-0.15, -0.1) is 0 Å². The Kier molecular flexibility index (Phi) is 10.4. The van der Waals surface area contributed by atoms with Crippen molar-refractivity contribution in [1.82, 2.24) is 14.7 Å². The summed E-state index contributed by atoms with van der Waals surface area (Å²) in [6.07, 6.45) is 4.45. The summed E-state index contributed by atoms with van der Waals surface area (Å²) in [6, 6.07) is 9.86. The Labute approximate surface area is 181 Å². The van der Waals surface area contributed by atoms with Crippen molar-refractivity contribution in [2.24, 2.45) is 0 Å². The SMILES string of the molecule is CCCN(CCC)C(=O)CCCC(=O)N1CCCN(Cc2ccc(C#N)cc2)CC1. The lowest BCUT2D eigenvalue weighted by Crippen LogP contribution is -2.35. The van der Waals surface area contributed by atoms with Gasteiger partial charge in [-0.05, 0) is 43.4 Å². The van der Waals surface area contributed by atoms with E-state index in [1.807, 2.05) is 34.1 Å². The molecule has 1 aliphatic rings. The number of amides is 2. The molecular weight excluding hydrogens is 376 g/mol. The quantitative estimate of drug-likeness (QED) is 0.591. The second-order valence-electron chi connectivity index (χ2n) is 8.05. The highest BCUT2D eigenvalue weighted by Crippen LogP contribution is 2.12. The summed E-state index contributed by atoms with van der Waals surface area (Å²) in [7, 11) is 0. The van der Waals surface area contributed by atoms with Crippen LogP contribution in [0.3, 0.4) is 0 Å². The first-order valence-corrected chi connectivity index (χ1v) is 11.3. The van der Waals surface area contributed by atoms with E-state index in [0.29, 0.717) is 24.8 Å². The van der Waals surface area contributed by atoms with Crippen LogP contribution in [-0.4, -0.2) is 65.8 Å². The number of hydrogen-bond donors (Lipinski definition) is 0. The fourth-order valence-corrected chi connectivity index (χ4v) is 3.93. The molecule has 1 fully saturated rings. The molecule has 0 unspecified atom stereocenters. The number of carbonyl (C=O) groups is 2. The zero-order valence-corrected chi connectivity index (χ0v) is 18.6. The molecule has 6 nitrogen and oxygen atoms in total. The summed E-state index contributed by atoms with van der Waals surface area (Å²) in [6.45, 7) is 9.97. The molecule has 0 N–H and O–H groups in total. The van der Waals surface area contributed by atoms with E-state index in [1.165, 1.54) is 5.56 Å². The molecular formula is C24H36N4O2. The summed E-state index contributed by atoms with van der Waals surface area (Å²) >= 11 is 0. The molecule has 2 amide bonds. The maximum Gasteiger partial charge on any atom is 0.222 e. The molecule has 1 saturated heterocycles. The highest BCUT2D eigenvalue weighted by atomic mass is 16.2. The fraction of sp³-hybridized carbons (Fsp3) is 0.625. The second-order valence-corrected chi connectivity index (χ2v) is 8.05. The van der Waals surface area contributed by atoms with Crippen LogP contribution < -0.4 is 0 Å². The Hall–Kier alpha value is -2.39. The van der Waals surface area contributed by atoms with Crippen LogP contribution in [0, 0.1) is 11.3 Å². The molecule has 0 spiro atoms. The van der Waals surface area contributed by atoms with E-state index in [9.17, 15) is 9.59 Å². The molecule has 0 radical (unpaired) electrons. The van der Waals surface area contributed by atoms with E-state index >= 15 is 0 Å². The Morgan fingerprint density at radius 3 is 2.33 bits per heavy atom. The van der Waals surface area contributed by atoms with Gasteiger partial charge in [-0.3, -0.25) is 14.5 Å². The average molecular weight is 413 g/mol. The van der Waals surface area contributed by atoms with Gasteiger partial charge in [0, 0.05) is 58.7 Å². The van der Waals surface area contributed by atoms with E-state index in [2.05, 4.69) is 24.8 Å². The zero-order valence-electron chi connectivity index (χ0n) is 18.6. The van der Waals surface area contributed by atoms with Crippen molar-refractivity contribution >= 4 is 11.8 Å². The number of rotatable bonds is 10. The van der Waals surface area contributed by atoms with Gasteiger partial charge < -0.3 is 9.80 Å². The summed E-state index contributed by atoms with van der Waals surface area (Å²) < 4.78 is 0. The van der Waals surface area contributed by atoms with Crippen LogP contribution >= 0.6 is 0 Å². The maximum absolute atomic E-state index is 12.6. The molecule has 1 heterocycles. The van der Waals surface area contributed by atoms with Crippen LogP contribution in [-0.2, 0) is 16.1 Å². The van der Waals surface area contributed by atoms with Gasteiger partial charge in [0.2, 0.25) is 11.8 Å². The van der Waals surface area contributed by atoms with Crippen molar-refractivity contribution in [1.29, 1.82) is 5.26 Å². The zero-order chi connectivity index (χ0) is 21.8. The highest BCUT2D eigenvalue weighted by Gasteiger charge is 2.20. The van der Waals surface area contributed by atoms with E-state index in [-0.39, 0.29) is 11.8 Å². The molecule has 1 aliphatic heterocycles. The monoisotopic (exact) mass is 412 g/mol. The minimum Gasteiger partial charge on any atom is -0.343 e. The molecule has 6 heteroatoms. The lowest BCUT2D eigenvalue weighted by atomic mass is 10.1. The van der Waals surface area contributed by atoms with Gasteiger partial charge in [0.05, 0.1) is 11.6 Å². The molecule has 0 atom stereocenters. The predicted octanol–water partition coefficient (Wildman–Crippen LogP) is 3.41. The molecule has 164 valence electrons. The van der Waals surface area contributed by atoms with Crippen LogP contribution in [0.4, 0.5) is 0 Å². The highest BCUT2D eigenvalue weighted by molar-refractivity contribution is 5.79. The lowest BCUT2D eigenvalue weighted by molar-refractivity contribution is -0.132. The molecule has 0 aliphatic carbocycles. The molecule has 0 bridgehead atoms. The van der Waals surface area contributed by atoms with Gasteiger partial charge >= 0.3 is 0 Å². The molecule has 0 aromatic heterocycles. The van der Waals surface area contributed by atoms with Crippen LogP contribution in [0.25, 0.3) is 0 Å². The van der Waals surface area contributed by atoms with Gasteiger partial charge in [0.1, 0.15) is 0 Å². The topological polar surface area (TPSA) is 67.7 Å². The van der Waals surface area contributed by atoms with Gasteiger partial charge in [0.15, 0.2) is 0 Å². The summed E-state index contributed by atoms with van der Waals surface area (Å²) in [4.78, 5) is 31.3. The predicted molar refractivity (Wildman–Crippen MR) is 119 cm³/mol. The maximum atomic E-state index is 12.6. The third-order valence-electron chi connectivity index (χ3n) is 5.55. The Morgan fingerprint density at radius 2 is 1.70 bits per heavy atom. The Balaban J connectivity index is 1.74. The summed E-state index contributed by atoms with van der Waals surface area (Å²) in [5, 5.41) is 8.92. The van der Waals surface area contributed by atoms with Crippen LogP contribution in [0.15, 0.2) is 24.3 Å². The Bertz CT molecular complexity index is 705. The van der Waals surface area contributed by atoms with Crippen molar-refractivity contribution in [2.45, 2.75) is 58.9 Å². The average Bonchev–Trinajstić information content (AvgIpc) is 2.99. The number of nitriles is 1. The lowest BCUT2D eigenvalue weighted by Gasteiger charge is -2.23. The minimum atomic E-state index is 0.167. The fourth-order valence-electron chi connectivity index (χ4n) is 3.93. The first kappa shape index (κ1) is 23.9. The van der Waals surface area contributed by atoms with E-state index in [4.69, 9.17) is 5.26 Å². The first-order valence-electron chi connectivity index (χ1n) is 11.3. The normalized spacial score (nSPS) is 14.8. The first-order chi connectivity index (χ1) is 14.6. The Morgan fingerprint density at radius 1 is 1.00 bits per heavy atom. The third kappa shape index (κ3) is 7.79. The standard InChI is InChI=1S/C24H36N4O2/c1-3-13-27(14-4-2)23(29)7-5-8-24(30)28-16-6-15-26(17-18-28)20-22-11-9-21(19-25)10-12-22/h9-12H,3-8,13-18,20H2,1-2H3. The van der Waals surface area contributed by atoms with Crippen LogP contribution in [0.2, 0.25) is 0 Å². The smallest absolute Gasteiger partial charge is 0.222 e.